The van der Waals surface area contributed by atoms with E-state index >= 15 is 0 Å². The second kappa shape index (κ2) is 7.22. The van der Waals surface area contributed by atoms with E-state index in [1.165, 1.54) is 0 Å². The van der Waals surface area contributed by atoms with E-state index in [1.54, 1.807) is 0 Å². The number of nitrogens with one attached hydrogen (secondary N) is 1. The van der Waals surface area contributed by atoms with E-state index in [0.29, 0.717) is 5.82 Å². The van der Waals surface area contributed by atoms with Gasteiger partial charge in [-0.1, -0.05) is 24.3 Å². The lowest BCUT2D eigenvalue weighted by atomic mass is 10.2. The summed E-state index contributed by atoms with van der Waals surface area (Å²) in [6, 6.07) is 8.06. The van der Waals surface area contributed by atoms with Crippen LogP contribution in [0.25, 0.3) is 16.6 Å². The standard InChI is InChI=1S/C17H18N4S/c1-22-12-11-19-16-13-7-4-5-8-14(13)20-17(21-16)15-9-3-2-6-10-18-15/h2-5,7-10H,6,11-12H2,1H3,(H,19,20,21). The molecule has 0 atom stereocenters. The highest BCUT2D eigenvalue weighted by molar-refractivity contribution is 7.98. The van der Waals surface area contributed by atoms with Crippen molar-refractivity contribution in [1.82, 2.24) is 9.97 Å². The predicted molar refractivity (Wildman–Crippen MR) is 96.6 cm³/mol. The van der Waals surface area contributed by atoms with E-state index in [1.807, 2.05) is 54.4 Å². The molecule has 2 heterocycles. The number of rotatable bonds is 5. The zero-order chi connectivity index (χ0) is 15.2. The van der Waals surface area contributed by atoms with Gasteiger partial charge in [-0.2, -0.15) is 11.8 Å². The Hall–Kier alpha value is -2.14. The Morgan fingerprint density at radius 1 is 1.23 bits per heavy atom. The van der Waals surface area contributed by atoms with Gasteiger partial charge < -0.3 is 5.32 Å². The van der Waals surface area contributed by atoms with E-state index in [9.17, 15) is 0 Å². The minimum Gasteiger partial charge on any atom is -0.369 e. The SMILES string of the molecule is CSCCNc1nc(C2=CC=CCC=N2)nc2ccccc12. The quantitative estimate of drug-likeness (QED) is 0.854. The third-order valence-corrected chi connectivity index (χ3v) is 3.91. The molecule has 4 nitrogen and oxygen atoms in total. The van der Waals surface area contributed by atoms with Gasteiger partial charge in [0.15, 0.2) is 5.82 Å². The van der Waals surface area contributed by atoms with E-state index in [0.717, 1.165) is 41.1 Å². The summed E-state index contributed by atoms with van der Waals surface area (Å²) in [5, 5.41) is 4.46. The number of anilines is 1. The second-order valence-electron chi connectivity index (χ2n) is 4.86. The van der Waals surface area contributed by atoms with Gasteiger partial charge in [-0.25, -0.2) is 9.97 Å². The molecule has 1 aromatic carbocycles. The van der Waals surface area contributed by atoms with Crippen molar-refractivity contribution in [2.45, 2.75) is 6.42 Å². The van der Waals surface area contributed by atoms with Crippen LogP contribution in [0.2, 0.25) is 0 Å². The third-order valence-electron chi connectivity index (χ3n) is 3.29. The normalized spacial score (nSPS) is 14.0. The van der Waals surface area contributed by atoms with Crippen LogP contribution in [0.3, 0.4) is 0 Å². The Morgan fingerprint density at radius 3 is 3.05 bits per heavy atom. The minimum atomic E-state index is 0.660. The van der Waals surface area contributed by atoms with Crippen molar-refractivity contribution in [1.29, 1.82) is 0 Å². The number of hydrogen-bond acceptors (Lipinski definition) is 5. The number of allylic oxidation sites excluding steroid dienone is 3. The molecule has 1 N–H and O–H groups in total. The number of benzene rings is 1. The summed E-state index contributed by atoms with van der Waals surface area (Å²) in [5.41, 5.74) is 1.73. The molecule has 3 rings (SSSR count). The van der Waals surface area contributed by atoms with Crippen molar-refractivity contribution in [3.63, 3.8) is 0 Å². The van der Waals surface area contributed by atoms with Crippen LogP contribution in [0.1, 0.15) is 12.2 Å². The maximum Gasteiger partial charge on any atom is 0.180 e. The molecule has 1 aliphatic heterocycles. The van der Waals surface area contributed by atoms with Gasteiger partial charge in [0.2, 0.25) is 0 Å². The van der Waals surface area contributed by atoms with E-state index < -0.39 is 0 Å². The van der Waals surface area contributed by atoms with Crippen LogP contribution in [-0.2, 0) is 0 Å². The Kier molecular flexibility index (Phi) is 4.85. The molecule has 0 bridgehead atoms. The van der Waals surface area contributed by atoms with Gasteiger partial charge in [-0.15, -0.1) is 0 Å². The highest BCUT2D eigenvalue weighted by Crippen LogP contribution is 2.23. The molecule has 0 fully saturated rings. The number of aromatic nitrogens is 2. The molecule has 0 spiro atoms. The largest absolute Gasteiger partial charge is 0.369 e. The van der Waals surface area contributed by atoms with Crippen LogP contribution >= 0.6 is 11.8 Å². The van der Waals surface area contributed by atoms with Gasteiger partial charge in [-0.05, 0) is 24.5 Å². The summed E-state index contributed by atoms with van der Waals surface area (Å²) in [6.45, 7) is 0.879. The second-order valence-corrected chi connectivity index (χ2v) is 5.85. The first kappa shape index (κ1) is 14.8. The van der Waals surface area contributed by atoms with Crippen LogP contribution < -0.4 is 5.32 Å². The number of hydrogen-bond donors (Lipinski definition) is 1. The molecule has 0 aliphatic carbocycles. The van der Waals surface area contributed by atoms with Gasteiger partial charge in [0, 0.05) is 30.3 Å². The Balaban J connectivity index is 2.04. The van der Waals surface area contributed by atoms with Gasteiger partial charge in [0.25, 0.3) is 0 Å². The monoisotopic (exact) mass is 310 g/mol. The first-order chi connectivity index (χ1) is 10.9. The van der Waals surface area contributed by atoms with Crippen molar-refractivity contribution in [2.24, 2.45) is 4.99 Å². The Labute approximate surface area is 134 Å². The average molecular weight is 310 g/mol. The molecule has 1 aromatic heterocycles. The van der Waals surface area contributed by atoms with Gasteiger partial charge in [0.1, 0.15) is 11.5 Å². The van der Waals surface area contributed by atoms with Gasteiger partial charge in [0.05, 0.1) is 5.52 Å². The third kappa shape index (κ3) is 3.36. The zero-order valence-electron chi connectivity index (χ0n) is 12.5. The van der Waals surface area contributed by atoms with Crippen molar-refractivity contribution < 1.29 is 0 Å². The van der Waals surface area contributed by atoms with Crippen molar-refractivity contribution in [3.05, 3.63) is 48.3 Å². The van der Waals surface area contributed by atoms with Crippen molar-refractivity contribution in [2.75, 3.05) is 23.9 Å². The van der Waals surface area contributed by atoms with Crippen LogP contribution in [-0.4, -0.2) is 34.7 Å². The van der Waals surface area contributed by atoms with E-state index in [2.05, 4.69) is 27.6 Å². The minimum absolute atomic E-state index is 0.660. The van der Waals surface area contributed by atoms with Crippen LogP contribution in [0.4, 0.5) is 5.82 Å². The first-order valence-corrected chi connectivity index (χ1v) is 8.67. The fraction of sp³-hybridized carbons (Fsp3) is 0.235. The molecule has 5 heteroatoms. The summed E-state index contributed by atoms with van der Waals surface area (Å²) in [5.74, 6) is 2.57. The molecule has 0 unspecified atom stereocenters. The smallest absolute Gasteiger partial charge is 0.180 e. The molecule has 0 amide bonds. The summed E-state index contributed by atoms with van der Waals surface area (Å²) < 4.78 is 0. The zero-order valence-corrected chi connectivity index (χ0v) is 13.3. The lowest BCUT2D eigenvalue weighted by Gasteiger charge is -2.10. The van der Waals surface area contributed by atoms with Crippen LogP contribution in [0, 0.1) is 0 Å². The van der Waals surface area contributed by atoms with Crippen molar-refractivity contribution in [3.8, 4) is 0 Å². The lowest BCUT2D eigenvalue weighted by Crippen LogP contribution is -2.08. The Morgan fingerprint density at radius 2 is 2.14 bits per heavy atom. The molecule has 1 aliphatic rings. The maximum atomic E-state index is 4.69. The van der Waals surface area contributed by atoms with Crippen LogP contribution in [0.15, 0.2) is 47.5 Å². The fourth-order valence-electron chi connectivity index (χ4n) is 2.22. The molecular formula is C17H18N4S. The molecule has 22 heavy (non-hydrogen) atoms. The predicted octanol–water partition coefficient (Wildman–Crippen LogP) is 3.78. The van der Waals surface area contributed by atoms with E-state index in [4.69, 9.17) is 4.98 Å². The summed E-state index contributed by atoms with van der Waals surface area (Å²) in [6.07, 6.45) is 10.8. The van der Waals surface area contributed by atoms with Gasteiger partial charge in [-0.3, -0.25) is 4.99 Å². The van der Waals surface area contributed by atoms with Crippen molar-refractivity contribution >= 4 is 40.4 Å². The van der Waals surface area contributed by atoms with Gasteiger partial charge >= 0.3 is 0 Å². The molecule has 112 valence electrons. The average Bonchev–Trinajstić information content (AvgIpc) is 2.84. The van der Waals surface area contributed by atoms with E-state index in [-0.39, 0.29) is 0 Å². The highest BCUT2D eigenvalue weighted by atomic mass is 32.2. The molecule has 0 radical (unpaired) electrons. The summed E-state index contributed by atoms with van der Waals surface area (Å²) in [4.78, 5) is 13.8. The number of para-hydroxylation sites is 1. The number of aliphatic imine (C=N–C) groups is 1. The molecule has 0 saturated heterocycles. The number of nitrogens with zero attached hydrogens (tertiary/aromatic N) is 3. The topological polar surface area (TPSA) is 50.2 Å². The Bertz CT molecular complexity index is 749. The molecule has 0 saturated carbocycles. The summed E-state index contributed by atoms with van der Waals surface area (Å²) >= 11 is 1.81. The fourth-order valence-corrected chi connectivity index (χ4v) is 2.53. The first-order valence-electron chi connectivity index (χ1n) is 7.28. The maximum absolute atomic E-state index is 4.69. The van der Waals surface area contributed by atoms with Crippen LogP contribution in [0.5, 0.6) is 0 Å². The number of fused-ring (bicyclic) bond motifs is 1. The molecular weight excluding hydrogens is 292 g/mol. The molecule has 2 aromatic rings. The number of thioether (sulfide) groups is 1. The lowest BCUT2D eigenvalue weighted by molar-refractivity contribution is 1.11. The summed E-state index contributed by atoms with van der Waals surface area (Å²) in [7, 11) is 0. The highest BCUT2D eigenvalue weighted by Gasteiger charge is 2.10.